The van der Waals surface area contributed by atoms with Crippen molar-refractivity contribution < 1.29 is 0 Å². The summed E-state index contributed by atoms with van der Waals surface area (Å²) in [5.41, 5.74) is 19.0. The molecule has 3 heterocycles. The van der Waals surface area contributed by atoms with Crippen molar-refractivity contribution in [2.45, 2.75) is 25.7 Å². The highest BCUT2D eigenvalue weighted by Crippen LogP contribution is 2.47. The molecule has 0 fully saturated rings. The van der Waals surface area contributed by atoms with Crippen molar-refractivity contribution in [1.29, 1.82) is 0 Å². The summed E-state index contributed by atoms with van der Waals surface area (Å²) < 4.78 is 2.36. The Bertz CT molecular complexity index is 3540. The maximum Gasteiger partial charge on any atom is 0.137 e. The first kappa shape index (κ1) is 41.0. The number of aromatic nitrogens is 2. The van der Waals surface area contributed by atoms with Crippen molar-refractivity contribution in [3.05, 3.63) is 265 Å². The van der Waals surface area contributed by atoms with Crippen molar-refractivity contribution in [3.8, 4) is 39.2 Å². The standard InChI is InChI=1S/C64H50N4/c1-64(2,50-24-11-5-12-25-50)51-36-37-65-62(43-51)68-58-31-16-15-28-56(58)57-35-34-45(41-61(57)68)38-46-39-49(63-54(47-20-7-3-8-21-47)29-19-30-55(63)48-22-9-4-10-23-48)42-53(40-46)67-44-66(52-26-13-6-14-27-52)59-32-17-18-33-60(59)67/h3-37,39-43H,38,44H2,1-2H3. The Morgan fingerprint density at radius 1 is 0.426 bits per heavy atom. The molecule has 1 aliphatic heterocycles. The van der Waals surface area contributed by atoms with E-state index in [0.717, 1.165) is 29.0 Å². The minimum atomic E-state index is -0.209. The number of para-hydroxylation sites is 4. The van der Waals surface area contributed by atoms with Gasteiger partial charge in [0.05, 0.1) is 22.4 Å². The van der Waals surface area contributed by atoms with Crippen LogP contribution in [0.1, 0.15) is 36.1 Å². The van der Waals surface area contributed by atoms with E-state index in [1.165, 1.54) is 83.5 Å². The molecule has 0 N–H and O–H groups in total. The van der Waals surface area contributed by atoms with Crippen LogP contribution in [0.15, 0.2) is 243 Å². The lowest BCUT2D eigenvalue weighted by atomic mass is 9.78. The highest BCUT2D eigenvalue weighted by atomic mass is 15.4. The summed E-state index contributed by atoms with van der Waals surface area (Å²) in [7, 11) is 0. The summed E-state index contributed by atoms with van der Waals surface area (Å²) in [5.74, 6) is 0.917. The summed E-state index contributed by atoms with van der Waals surface area (Å²) in [6.07, 6.45) is 2.71. The number of hydrogen-bond acceptors (Lipinski definition) is 3. The Balaban J connectivity index is 1.03. The second kappa shape index (κ2) is 17.1. The molecule has 4 nitrogen and oxygen atoms in total. The molecule has 4 heteroatoms. The Hall–Kier alpha value is -8.47. The zero-order valence-electron chi connectivity index (χ0n) is 38.3. The average molecular weight is 875 g/mol. The Morgan fingerprint density at radius 3 is 1.71 bits per heavy atom. The Labute approximate surface area is 398 Å². The van der Waals surface area contributed by atoms with Gasteiger partial charge in [-0.15, -0.1) is 0 Å². The van der Waals surface area contributed by atoms with Crippen LogP contribution in [0, 0.1) is 0 Å². The number of rotatable bonds is 10. The summed E-state index contributed by atoms with van der Waals surface area (Å²) >= 11 is 0. The van der Waals surface area contributed by atoms with Crippen molar-refractivity contribution in [3.63, 3.8) is 0 Å². The predicted molar refractivity (Wildman–Crippen MR) is 285 cm³/mol. The number of hydrogen-bond donors (Lipinski definition) is 0. The number of anilines is 4. The van der Waals surface area contributed by atoms with Crippen LogP contribution >= 0.6 is 0 Å². The van der Waals surface area contributed by atoms with Crippen molar-refractivity contribution in [2.24, 2.45) is 0 Å². The third kappa shape index (κ3) is 7.32. The quantitative estimate of drug-likeness (QED) is 0.137. The lowest BCUT2D eigenvalue weighted by Gasteiger charge is -2.26. The zero-order valence-corrected chi connectivity index (χ0v) is 38.3. The monoisotopic (exact) mass is 874 g/mol. The van der Waals surface area contributed by atoms with Gasteiger partial charge in [0.25, 0.3) is 0 Å². The van der Waals surface area contributed by atoms with Crippen LogP contribution in [0.3, 0.4) is 0 Å². The molecule has 2 aromatic heterocycles. The fraction of sp³-hybridized carbons (Fsp3) is 0.0781. The molecule has 12 rings (SSSR count). The molecular weight excluding hydrogens is 825 g/mol. The lowest BCUT2D eigenvalue weighted by Crippen LogP contribution is -2.24. The van der Waals surface area contributed by atoms with Gasteiger partial charge in [-0.3, -0.25) is 4.57 Å². The third-order valence-corrected chi connectivity index (χ3v) is 14.0. The van der Waals surface area contributed by atoms with Gasteiger partial charge in [0, 0.05) is 33.8 Å². The van der Waals surface area contributed by atoms with Gasteiger partial charge in [-0.1, -0.05) is 190 Å². The van der Waals surface area contributed by atoms with E-state index in [1.54, 1.807) is 0 Å². The molecule has 0 saturated carbocycles. The average Bonchev–Trinajstić information content (AvgIpc) is 3.96. The van der Waals surface area contributed by atoms with Crippen LogP contribution in [0.5, 0.6) is 0 Å². The molecule has 68 heavy (non-hydrogen) atoms. The molecule has 0 amide bonds. The minimum Gasteiger partial charge on any atom is -0.321 e. The molecule has 0 atom stereocenters. The first-order chi connectivity index (χ1) is 33.5. The maximum atomic E-state index is 5.07. The van der Waals surface area contributed by atoms with E-state index in [0.29, 0.717) is 6.67 Å². The summed E-state index contributed by atoms with van der Waals surface area (Å²) in [6, 6.07) is 86.3. The van der Waals surface area contributed by atoms with Gasteiger partial charge >= 0.3 is 0 Å². The number of nitrogens with zero attached hydrogens (tertiary/aromatic N) is 4. The molecule has 0 aliphatic carbocycles. The SMILES string of the molecule is CC(C)(c1ccccc1)c1ccnc(-n2c3ccccc3c3ccc(Cc4cc(-c5c(-c6ccccc6)cccc5-c5ccccc5)cc(N5CN(c6ccccc6)c6ccccc65)c4)cc32)c1. The van der Waals surface area contributed by atoms with Crippen LogP contribution in [0.4, 0.5) is 22.7 Å². The molecule has 0 radical (unpaired) electrons. The second-order valence-electron chi connectivity index (χ2n) is 18.4. The maximum absolute atomic E-state index is 5.07. The fourth-order valence-electron chi connectivity index (χ4n) is 10.5. The van der Waals surface area contributed by atoms with E-state index < -0.39 is 0 Å². The molecule has 1 aliphatic rings. The molecule has 0 bridgehead atoms. The first-order valence-corrected chi connectivity index (χ1v) is 23.6. The first-order valence-electron chi connectivity index (χ1n) is 23.6. The molecule has 0 unspecified atom stereocenters. The van der Waals surface area contributed by atoms with E-state index in [4.69, 9.17) is 4.98 Å². The number of fused-ring (bicyclic) bond motifs is 4. The van der Waals surface area contributed by atoms with Gasteiger partial charge in [-0.25, -0.2) is 4.98 Å². The highest BCUT2D eigenvalue weighted by molar-refractivity contribution is 6.09. The van der Waals surface area contributed by atoms with Crippen molar-refractivity contribution in [2.75, 3.05) is 16.5 Å². The van der Waals surface area contributed by atoms with Gasteiger partial charge in [-0.05, 0) is 123 Å². The minimum absolute atomic E-state index is 0.209. The van der Waals surface area contributed by atoms with Crippen LogP contribution in [-0.2, 0) is 11.8 Å². The summed E-state index contributed by atoms with van der Waals surface area (Å²) in [6.45, 7) is 5.29. The third-order valence-electron chi connectivity index (χ3n) is 14.0. The van der Waals surface area contributed by atoms with Gasteiger partial charge in [0.15, 0.2) is 0 Å². The molecule has 326 valence electrons. The highest BCUT2D eigenvalue weighted by Gasteiger charge is 2.29. The van der Waals surface area contributed by atoms with E-state index in [-0.39, 0.29) is 5.41 Å². The van der Waals surface area contributed by atoms with Crippen molar-refractivity contribution >= 4 is 44.6 Å². The van der Waals surface area contributed by atoms with Crippen LogP contribution < -0.4 is 9.80 Å². The molecular formula is C64H50N4. The molecule has 9 aromatic carbocycles. The lowest BCUT2D eigenvalue weighted by molar-refractivity contribution is 0.639. The molecule has 0 spiro atoms. The van der Waals surface area contributed by atoms with Gasteiger partial charge in [0.2, 0.25) is 0 Å². The van der Waals surface area contributed by atoms with E-state index in [1.807, 2.05) is 6.20 Å². The molecule has 11 aromatic rings. The van der Waals surface area contributed by atoms with E-state index >= 15 is 0 Å². The fourth-order valence-corrected chi connectivity index (χ4v) is 10.5. The zero-order chi connectivity index (χ0) is 45.6. The largest absolute Gasteiger partial charge is 0.321 e. The van der Waals surface area contributed by atoms with Gasteiger partial charge in [0.1, 0.15) is 12.5 Å². The smallest absolute Gasteiger partial charge is 0.137 e. The number of benzene rings is 9. The van der Waals surface area contributed by atoms with Crippen LogP contribution in [0.2, 0.25) is 0 Å². The van der Waals surface area contributed by atoms with E-state index in [2.05, 4.69) is 265 Å². The van der Waals surface area contributed by atoms with Crippen molar-refractivity contribution in [1.82, 2.24) is 9.55 Å². The summed E-state index contributed by atoms with van der Waals surface area (Å²) in [4.78, 5) is 9.98. The molecule has 0 saturated heterocycles. The Kier molecular flexibility index (Phi) is 10.3. The number of pyridine rings is 1. The second-order valence-corrected chi connectivity index (χ2v) is 18.4. The summed E-state index contributed by atoms with van der Waals surface area (Å²) in [5, 5.41) is 2.43. The van der Waals surface area contributed by atoms with Gasteiger partial charge < -0.3 is 9.80 Å². The predicted octanol–water partition coefficient (Wildman–Crippen LogP) is 16.3. The van der Waals surface area contributed by atoms with Gasteiger partial charge in [-0.2, -0.15) is 0 Å². The van der Waals surface area contributed by atoms with Crippen LogP contribution in [0.25, 0.3) is 61.0 Å². The topological polar surface area (TPSA) is 24.3 Å². The Morgan fingerprint density at radius 2 is 1.01 bits per heavy atom. The normalized spacial score (nSPS) is 12.5. The van der Waals surface area contributed by atoms with Crippen LogP contribution in [-0.4, -0.2) is 16.2 Å². The van der Waals surface area contributed by atoms with E-state index in [9.17, 15) is 0 Å².